The summed E-state index contributed by atoms with van der Waals surface area (Å²) in [6.45, 7) is 4.52. The number of phenolic OH excluding ortho intramolecular Hbond substituents is 1. The molecule has 0 unspecified atom stereocenters. The maximum absolute atomic E-state index is 10.6. The number of aryl methyl sites for hydroxylation is 1. The molecule has 0 spiro atoms. The Morgan fingerprint density at radius 3 is 1.81 bits per heavy atom. The third-order valence-corrected chi connectivity index (χ3v) is 6.13. The Labute approximate surface area is 191 Å². The molecule has 0 atom stereocenters. The molecule has 172 valence electrons. The largest absolute Gasteiger partial charge is 0.504 e. The van der Waals surface area contributed by atoms with Crippen LogP contribution < -0.4 is 4.74 Å². The first-order valence-corrected chi connectivity index (χ1v) is 12.8. The molecule has 31 heavy (non-hydrogen) atoms. The van der Waals surface area contributed by atoms with E-state index in [1.54, 1.807) is 0 Å². The number of hydrogen-bond acceptors (Lipinski definition) is 2. The first-order valence-electron chi connectivity index (χ1n) is 12.8. The minimum absolute atomic E-state index is 0.255. The molecule has 2 heteroatoms. The second-order valence-electron chi connectivity index (χ2n) is 8.86. The average Bonchev–Trinajstić information content (AvgIpc) is 2.79. The second kappa shape index (κ2) is 15.8. The van der Waals surface area contributed by atoms with Gasteiger partial charge in [-0.05, 0) is 49.4 Å². The molecule has 0 aliphatic heterocycles. The van der Waals surface area contributed by atoms with Crippen LogP contribution in [0.5, 0.6) is 17.2 Å². The van der Waals surface area contributed by atoms with Crippen molar-refractivity contribution in [2.45, 2.75) is 110 Å². The van der Waals surface area contributed by atoms with E-state index in [1.165, 1.54) is 88.2 Å². The van der Waals surface area contributed by atoms with Gasteiger partial charge in [-0.1, -0.05) is 109 Å². The lowest BCUT2D eigenvalue weighted by molar-refractivity contribution is 0.405. The van der Waals surface area contributed by atoms with E-state index in [1.807, 2.05) is 36.4 Å². The zero-order chi connectivity index (χ0) is 22.2. The van der Waals surface area contributed by atoms with Gasteiger partial charge in [0.15, 0.2) is 11.5 Å². The molecular formula is C29H44O2. The first-order chi connectivity index (χ1) is 15.3. The quantitative estimate of drug-likeness (QED) is 0.256. The van der Waals surface area contributed by atoms with Crippen molar-refractivity contribution in [1.29, 1.82) is 0 Å². The number of rotatable bonds is 17. The van der Waals surface area contributed by atoms with Gasteiger partial charge in [0.1, 0.15) is 5.75 Å². The highest BCUT2D eigenvalue weighted by molar-refractivity contribution is 5.52. The molecule has 0 saturated heterocycles. The van der Waals surface area contributed by atoms with Gasteiger partial charge in [-0.15, -0.1) is 0 Å². The Morgan fingerprint density at radius 1 is 0.613 bits per heavy atom. The Balaban J connectivity index is 1.92. The van der Waals surface area contributed by atoms with Crippen LogP contribution in [-0.4, -0.2) is 5.11 Å². The molecule has 2 rings (SSSR count). The van der Waals surface area contributed by atoms with E-state index in [0.717, 1.165) is 25.0 Å². The molecule has 0 fully saturated rings. The monoisotopic (exact) mass is 424 g/mol. The van der Waals surface area contributed by atoms with Crippen LogP contribution >= 0.6 is 0 Å². The van der Waals surface area contributed by atoms with Crippen molar-refractivity contribution < 1.29 is 9.84 Å². The number of para-hydroxylation sites is 1. The Hall–Kier alpha value is -1.96. The van der Waals surface area contributed by atoms with Gasteiger partial charge in [0.05, 0.1) is 0 Å². The van der Waals surface area contributed by atoms with Crippen molar-refractivity contribution in [1.82, 2.24) is 0 Å². The number of unbranched alkanes of at least 4 members (excludes halogenated alkanes) is 11. The van der Waals surface area contributed by atoms with Gasteiger partial charge in [-0.3, -0.25) is 0 Å². The summed E-state index contributed by atoms with van der Waals surface area (Å²) in [4.78, 5) is 0. The summed E-state index contributed by atoms with van der Waals surface area (Å²) in [7, 11) is 0. The van der Waals surface area contributed by atoms with Crippen molar-refractivity contribution in [2.24, 2.45) is 0 Å². The van der Waals surface area contributed by atoms with Crippen molar-refractivity contribution in [2.75, 3.05) is 0 Å². The Bertz CT molecular complexity index is 708. The summed E-state index contributed by atoms with van der Waals surface area (Å²) in [5.74, 6) is 1.70. The van der Waals surface area contributed by atoms with Gasteiger partial charge in [0.25, 0.3) is 0 Å². The molecule has 0 radical (unpaired) electrons. The van der Waals surface area contributed by atoms with E-state index in [4.69, 9.17) is 4.74 Å². The summed E-state index contributed by atoms with van der Waals surface area (Å²) < 4.78 is 6.18. The summed E-state index contributed by atoms with van der Waals surface area (Å²) in [6.07, 6.45) is 19.1. The second-order valence-corrected chi connectivity index (χ2v) is 8.86. The van der Waals surface area contributed by atoms with Gasteiger partial charge < -0.3 is 9.84 Å². The summed E-state index contributed by atoms with van der Waals surface area (Å²) >= 11 is 0. The highest BCUT2D eigenvalue weighted by atomic mass is 16.5. The summed E-state index contributed by atoms with van der Waals surface area (Å²) in [5.41, 5.74) is 2.55. The van der Waals surface area contributed by atoms with Crippen LogP contribution in [0.4, 0.5) is 0 Å². The van der Waals surface area contributed by atoms with Gasteiger partial charge in [-0.25, -0.2) is 0 Å². The van der Waals surface area contributed by atoms with Crippen molar-refractivity contribution in [3.63, 3.8) is 0 Å². The van der Waals surface area contributed by atoms with E-state index >= 15 is 0 Å². The third-order valence-electron chi connectivity index (χ3n) is 6.13. The van der Waals surface area contributed by atoms with E-state index < -0.39 is 0 Å². The van der Waals surface area contributed by atoms with Crippen LogP contribution in [0.3, 0.4) is 0 Å². The van der Waals surface area contributed by atoms with E-state index in [2.05, 4.69) is 19.9 Å². The van der Waals surface area contributed by atoms with Crippen molar-refractivity contribution in [3.8, 4) is 17.2 Å². The smallest absolute Gasteiger partial charge is 0.172 e. The SMILES string of the molecule is CCCCCCCCCCCCc1c(CCCCC)ccc(O)c1Oc1ccccc1. The van der Waals surface area contributed by atoms with Gasteiger partial charge in [0, 0.05) is 5.56 Å². The van der Waals surface area contributed by atoms with Crippen LogP contribution in [0.1, 0.15) is 108 Å². The maximum Gasteiger partial charge on any atom is 0.172 e. The normalized spacial score (nSPS) is 11.0. The fourth-order valence-electron chi connectivity index (χ4n) is 4.24. The predicted molar refractivity (Wildman–Crippen MR) is 133 cm³/mol. The van der Waals surface area contributed by atoms with Crippen LogP contribution in [-0.2, 0) is 12.8 Å². The molecule has 0 aliphatic carbocycles. The molecule has 0 amide bonds. The molecule has 2 aromatic carbocycles. The van der Waals surface area contributed by atoms with Crippen LogP contribution in [0, 0.1) is 0 Å². The van der Waals surface area contributed by atoms with Gasteiger partial charge in [0.2, 0.25) is 0 Å². The van der Waals surface area contributed by atoms with Crippen LogP contribution in [0.2, 0.25) is 0 Å². The average molecular weight is 425 g/mol. The van der Waals surface area contributed by atoms with Crippen LogP contribution in [0.25, 0.3) is 0 Å². The van der Waals surface area contributed by atoms with E-state index in [0.29, 0.717) is 5.75 Å². The lowest BCUT2D eigenvalue weighted by Gasteiger charge is -2.17. The molecule has 0 aliphatic rings. The maximum atomic E-state index is 10.6. The number of ether oxygens (including phenoxy) is 1. The first kappa shape index (κ1) is 25.3. The Morgan fingerprint density at radius 2 is 1.16 bits per heavy atom. The molecule has 2 aromatic rings. The van der Waals surface area contributed by atoms with Crippen molar-refractivity contribution >= 4 is 0 Å². The molecule has 0 heterocycles. The van der Waals surface area contributed by atoms with Gasteiger partial charge >= 0.3 is 0 Å². The fourth-order valence-corrected chi connectivity index (χ4v) is 4.24. The summed E-state index contributed by atoms with van der Waals surface area (Å²) in [6, 6.07) is 13.7. The highest BCUT2D eigenvalue weighted by Gasteiger charge is 2.15. The van der Waals surface area contributed by atoms with Crippen LogP contribution in [0.15, 0.2) is 42.5 Å². The van der Waals surface area contributed by atoms with Gasteiger partial charge in [-0.2, -0.15) is 0 Å². The topological polar surface area (TPSA) is 29.5 Å². The number of benzene rings is 2. The molecule has 2 nitrogen and oxygen atoms in total. The molecule has 0 aromatic heterocycles. The molecule has 0 bridgehead atoms. The highest BCUT2D eigenvalue weighted by Crippen LogP contribution is 2.38. The number of phenols is 1. The minimum atomic E-state index is 0.255. The zero-order valence-corrected chi connectivity index (χ0v) is 20.0. The van der Waals surface area contributed by atoms with Crippen molar-refractivity contribution in [3.05, 3.63) is 53.6 Å². The summed E-state index contributed by atoms with van der Waals surface area (Å²) in [5, 5.41) is 10.6. The standard InChI is InChI=1S/C29H44O2/c1-3-5-7-8-9-10-11-12-13-18-22-27-25(19-15-6-4-2)23-24-28(30)29(27)31-26-20-16-14-17-21-26/h14,16-17,20-21,23-24,30H,3-13,15,18-19,22H2,1-2H3. The molecule has 0 saturated carbocycles. The zero-order valence-electron chi connectivity index (χ0n) is 20.0. The Kier molecular flexibility index (Phi) is 12.9. The number of aromatic hydroxyl groups is 1. The number of hydrogen-bond donors (Lipinski definition) is 1. The van der Waals surface area contributed by atoms with E-state index in [9.17, 15) is 5.11 Å². The third kappa shape index (κ3) is 9.80. The lowest BCUT2D eigenvalue weighted by Crippen LogP contribution is -2.00. The predicted octanol–water partition coefficient (Wildman–Crippen LogP) is 9.38. The fraction of sp³-hybridized carbons (Fsp3) is 0.586. The lowest BCUT2D eigenvalue weighted by atomic mass is 9.95. The van der Waals surface area contributed by atoms with E-state index in [-0.39, 0.29) is 5.75 Å². The molecular weight excluding hydrogens is 380 g/mol. The minimum Gasteiger partial charge on any atom is -0.504 e. The molecule has 1 N–H and O–H groups in total.